The van der Waals surface area contributed by atoms with Crippen molar-refractivity contribution in [3.05, 3.63) is 0 Å². The van der Waals surface area contributed by atoms with Gasteiger partial charge >= 0.3 is 0 Å². The van der Waals surface area contributed by atoms with Gasteiger partial charge in [-0.15, -0.1) is 0 Å². The fraction of sp³-hybridized carbons (Fsp3) is 1.00. The van der Waals surface area contributed by atoms with E-state index in [4.69, 9.17) is 0 Å². The number of nitrogens with one attached hydrogen (secondary N) is 2. The molecule has 0 bridgehead atoms. The van der Waals surface area contributed by atoms with E-state index in [1.54, 1.807) is 11.8 Å². The Balaban J connectivity index is 2.24. The second-order valence-corrected chi connectivity index (χ2v) is 7.83. The maximum Gasteiger partial charge on any atom is 0.212 e. The molecule has 0 atom stereocenters. The Morgan fingerprint density at radius 1 is 1.29 bits per heavy atom. The van der Waals surface area contributed by atoms with Gasteiger partial charge in [-0.3, -0.25) is 0 Å². The molecule has 0 heterocycles. The van der Waals surface area contributed by atoms with Crippen LogP contribution in [0, 0.1) is 0 Å². The first-order chi connectivity index (χ1) is 8.04. The van der Waals surface area contributed by atoms with Gasteiger partial charge in [0.1, 0.15) is 0 Å². The number of hydrogen-bond donors (Lipinski definition) is 2. The molecule has 0 saturated heterocycles. The van der Waals surface area contributed by atoms with E-state index >= 15 is 0 Å². The van der Waals surface area contributed by atoms with Crippen molar-refractivity contribution in [1.29, 1.82) is 0 Å². The molecule has 0 aliphatic heterocycles. The normalized spacial score (nSPS) is 18.9. The van der Waals surface area contributed by atoms with Gasteiger partial charge in [-0.25, -0.2) is 13.1 Å². The van der Waals surface area contributed by atoms with Crippen LogP contribution in [0.2, 0.25) is 0 Å². The Morgan fingerprint density at radius 3 is 2.47 bits per heavy atom. The zero-order valence-corrected chi connectivity index (χ0v) is 12.4. The van der Waals surface area contributed by atoms with Gasteiger partial charge in [0.05, 0.1) is 5.75 Å². The van der Waals surface area contributed by atoms with Crippen LogP contribution >= 0.6 is 11.8 Å². The van der Waals surface area contributed by atoms with E-state index in [-0.39, 0.29) is 10.5 Å². The van der Waals surface area contributed by atoms with Gasteiger partial charge in [-0.05, 0) is 32.1 Å². The first kappa shape index (κ1) is 15.3. The third-order valence-corrected chi connectivity index (χ3v) is 6.03. The summed E-state index contributed by atoms with van der Waals surface area (Å²) in [5.74, 6) is 0.178. The van der Waals surface area contributed by atoms with Gasteiger partial charge in [0.2, 0.25) is 10.0 Å². The summed E-state index contributed by atoms with van der Waals surface area (Å²) in [5.41, 5.74) is 0. The minimum Gasteiger partial charge on any atom is -0.316 e. The Kier molecular flexibility index (Phi) is 6.26. The van der Waals surface area contributed by atoms with Crippen LogP contribution in [0.4, 0.5) is 0 Å². The zero-order valence-electron chi connectivity index (χ0n) is 10.8. The Bertz CT molecular complexity index is 308. The lowest BCUT2D eigenvalue weighted by atomic mass is 9.84. The van der Waals surface area contributed by atoms with Crippen molar-refractivity contribution in [3.8, 4) is 0 Å². The lowest BCUT2D eigenvalue weighted by Gasteiger charge is -2.40. The zero-order chi connectivity index (χ0) is 12.8. The van der Waals surface area contributed by atoms with Crippen LogP contribution in [0.15, 0.2) is 0 Å². The summed E-state index contributed by atoms with van der Waals surface area (Å²) in [6, 6.07) is 0. The fourth-order valence-corrected chi connectivity index (χ4v) is 3.90. The SMILES string of the molecule is CCCNCCS(=O)(=O)NCC1(SC)CCC1. The maximum atomic E-state index is 11.7. The summed E-state index contributed by atoms with van der Waals surface area (Å²) < 4.78 is 26.4. The van der Waals surface area contributed by atoms with Crippen LogP contribution in [0.25, 0.3) is 0 Å². The van der Waals surface area contributed by atoms with Crippen molar-refractivity contribution in [2.24, 2.45) is 0 Å². The number of hydrogen-bond acceptors (Lipinski definition) is 4. The maximum absolute atomic E-state index is 11.7. The topological polar surface area (TPSA) is 58.2 Å². The predicted octanol–water partition coefficient (Wildman–Crippen LogP) is 1.19. The van der Waals surface area contributed by atoms with E-state index in [0.717, 1.165) is 25.8 Å². The van der Waals surface area contributed by atoms with E-state index < -0.39 is 10.0 Å². The Labute approximate surface area is 109 Å². The van der Waals surface area contributed by atoms with Crippen molar-refractivity contribution in [3.63, 3.8) is 0 Å². The summed E-state index contributed by atoms with van der Waals surface area (Å²) in [7, 11) is -3.11. The van der Waals surface area contributed by atoms with Gasteiger partial charge < -0.3 is 5.32 Å². The molecule has 0 spiro atoms. The van der Waals surface area contributed by atoms with Gasteiger partial charge in [0.25, 0.3) is 0 Å². The number of thioether (sulfide) groups is 1. The lowest BCUT2D eigenvalue weighted by Crippen LogP contribution is -2.46. The number of rotatable bonds is 9. The molecule has 0 unspecified atom stereocenters. The molecule has 2 N–H and O–H groups in total. The summed E-state index contributed by atoms with van der Waals surface area (Å²) in [5, 5.41) is 3.11. The van der Waals surface area contributed by atoms with Gasteiger partial charge in [-0.1, -0.05) is 13.3 Å². The molecule has 1 rings (SSSR count). The van der Waals surface area contributed by atoms with E-state index in [0.29, 0.717) is 13.1 Å². The minimum absolute atomic E-state index is 0.171. The summed E-state index contributed by atoms with van der Waals surface area (Å²) in [6.07, 6.45) is 6.58. The third-order valence-electron chi connectivity index (χ3n) is 3.29. The van der Waals surface area contributed by atoms with Crippen LogP contribution in [0.1, 0.15) is 32.6 Å². The summed E-state index contributed by atoms with van der Waals surface area (Å²) in [6.45, 7) is 4.07. The van der Waals surface area contributed by atoms with Crippen LogP contribution < -0.4 is 10.0 Å². The van der Waals surface area contributed by atoms with Crippen molar-refractivity contribution < 1.29 is 8.42 Å². The predicted molar refractivity (Wildman–Crippen MR) is 75.0 cm³/mol. The molecule has 1 saturated carbocycles. The lowest BCUT2D eigenvalue weighted by molar-refractivity contribution is 0.362. The summed E-state index contributed by atoms with van der Waals surface area (Å²) in [4.78, 5) is 0. The third kappa shape index (κ3) is 5.16. The van der Waals surface area contributed by atoms with Crippen molar-refractivity contribution >= 4 is 21.8 Å². The average Bonchev–Trinajstić information content (AvgIpc) is 2.24. The molecule has 1 fully saturated rings. The smallest absolute Gasteiger partial charge is 0.212 e. The molecular weight excluding hydrogens is 256 g/mol. The number of sulfonamides is 1. The summed E-state index contributed by atoms with van der Waals surface area (Å²) >= 11 is 1.79. The molecule has 0 radical (unpaired) electrons. The van der Waals surface area contributed by atoms with Crippen molar-refractivity contribution in [2.45, 2.75) is 37.4 Å². The molecule has 0 amide bonds. The molecular formula is C11H24N2O2S2. The Hall–Kier alpha value is 0.220. The van der Waals surface area contributed by atoms with E-state index in [1.165, 1.54) is 6.42 Å². The highest BCUT2D eigenvalue weighted by Crippen LogP contribution is 2.42. The van der Waals surface area contributed by atoms with Crippen LogP contribution in [0.3, 0.4) is 0 Å². The highest BCUT2D eigenvalue weighted by atomic mass is 32.2. The van der Waals surface area contributed by atoms with Gasteiger partial charge in [0.15, 0.2) is 0 Å². The molecule has 1 aliphatic carbocycles. The fourth-order valence-electron chi connectivity index (χ4n) is 1.85. The van der Waals surface area contributed by atoms with Gasteiger partial charge in [0, 0.05) is 17.8 Å². The molecule has 0 aromatic carbocycles. The molecule has 0 aromatic heterocycles. The first-order valence-corrected chi connectivity index (χ1v) is 9.14. The first-order valence-electron chi connectivity index (χ1n) is 6.27. The largest absolute Gasteiger partial charge is 0.316 e. The molecule has 6 heteroatoms. The highest BCUT2D eigenvalue weighted by molar-refractivity contribution is 8.00. The highest BCUT2D eigenvalue weighted by Gasteiger charge is 2.36. The van der Waals surface area contributed by atoms with Crippen LogP contribution in [0.5, 0.6) is 0 Å². The van der Waals surface area contributed by atoms with Crippen LogP contribution in [-0.2, 0) is 10.0 Å². The minimum atomic E-state index is -3.11. The van der Waals surface area contributed by atoms with E-state index in [1.807, 2.05) is 0 Å². The average molecular weight is 280 g/mol. The van der Waals surface area contributed by atoms with Crippen LogP contribution in [-0.4, -0.2) is 44.8 Å². The molecule has 102 valence electrons. The van der Waals surface area contributed by atoms with Crippen molar-refractivity contribution in [2.75, 3.05) is 31.6 Å². The van der Waals surface area contributed by atoms with E-state index in [2.05, 4.69) is 23.2 Å². The second kappa shape index (κ2) is 6.97. The molecule has 0 aromatic rings. The second-order valence-electron chi connectivity index (χ2n) is 4.63. The Morgan fingerprint density at radius 2 is 2.00 bits per heavy atom. The molecule has 4 nitrogen and oxygen atoms in total. The quantitative estimate of drug-likeness (QED) is 0.623. The van der Waals surface area contributed by atoms with Crippen molar-refractivity contribution in [1.82, 2.24) is 10.0 Å². The van der Waals surface area contributed by atoms with E-state index in [9.17, 15) is 8.42 Å². The standard InChI is InChI=1S/C11H24N2O2S2/c1-3-7-12-8-9-17(14,15)13-10-11(16-2)5-4-6-11/h12-13H,3-10H2,1-2H3. The molecule has 1 aliphatic rings. The molecule has 17 heavy (non-hydrogen) atoms. The van der Waals surface area contributed by atoms with Gasteiger partial charge in [-0.2, -0.15) is 11.8 Å². The monoisotopic (exact) mass is 280 g/mol.